The summed E-state index contributed by atoms with van der Waals surface area (Å²) >= 11 is 0. The Kier molecular flexibility index (Phi) is 11.0. The predicted octanol–water partition coefficient (Wildman–Crippen LogP) is 1.68. The lowest BCUT2D eigenvalue weighted by atomic mass is 10.2. The number of nitrogens with zero attached hydrogens (tertiary/aromatic N) is 6. The summed E-state index contributed by atoms with van der Waals surface area (Å²) in [7, 11) is 1.22. The molecule has 5 N–H and O–H groups in total. The number of aromatic nitrogens is 8. The Morgan fingerprint density at radius 1 is 0.818 bits per heavy atom. The Morgan fingerprint density at radius 3 is 1.70 bits per heavy atom. The number of hydrogen-bond acceptors (Lipinski definition) is 13. The number of aromatic amines is 2. The minimum atomic E-state index is -1.26. The normalized spacial score (nSPS) is 10.3. The summed E-state index contributed by atoms with van der Waals surface area (Å²) in [5.41, 5.74) is 5.05. The summed E-state index contributed by atoms with van der Waals surface area (Å²) in [6, 6.07) is 2.70. The zero-order valence-corrected chi connectivity index (χ0v) is 24.2. The molecule has 0 unspecified atom stereocenters. The second-order valence-electron chi connectivity index (χ2n) is 8.81. The molecule has 228 valence electrons. The lowest BCUT2D eigenvalue weighted by Crippen LogP contribution is -2.19. The van der Waals surface area contributed by atoms with Gasteiger partial charge in [0.2, 0.25) is 0 Å². The molecule has 16 heteroatoms. The van der Waals surface area contributed by atoms with E-state index in [9.17, 15) is 24.0 Å². The quantitative estimate of drug-likeness (QED) is 0.159. The number of ether oxygens (including phenoxy) is 1. The van der Waals surface area contributed by atoms with E-state index in [2.05, 4.69) is 44.6 Å². The lowest BCUT2D eigenvalue weighted by Gasteiger charge is -2.02. The molecule has 0 atom stereocenters. The van der Waals surface area contributed by atoms with E-state index in [0.29, 0.717) is 64.2 Å². The Bertz CT molecular complexity index is 1950. The Labute approximate surface area is 248 Å². The molecule has 0 saturated heterocycles. The van der Waals surface area contributed by atoms with Crippen LogP contribution in [-0.4, -0.2) is 70.3 Å². The number of carboxylic acids is 1. The summed E-state index contributed by atoms with van der Waals surface area (Å²) in [5.74, 6) is 0.223. The second-order valence-corrected chi connectivity index (χ2v) is 8.81. The summed E-state index contributed by atoms with van der Waals surface area (Å²) in [4.78, 5) is 84.5. The summed E-state index contributed by atoms with van der Waals surface area (Å²) in [6.45, 7) is 5.74. The fourth-order valence-electron chi connectivity index (χ4n) is 3.52. The number of carboxylic acid groups (broad SMARTS) is 1. The van der Waals surface area contributed by atoms with Crippen molar-refractivity contribution in [2.24, 2.45) is 0 Å². The number of nitrogens with two attached hydrogens (primary N) is 1. The van der Waals surface area contributed by atoms with Gasteiger partial charge >= 0.3 is 11.9 Å². The average molecular weight is 604 g/mol. The maximum Gasteiger partial charge on any atom is 0.343 e. The molecule has 5 rings (SSSR count). The number of nitrogen functional groups attached to an aromatic ring is 1. The van der Waals surface area contributed by atoms with Crippen molar-refractivity contribution in [1.82, 2.24) is 39.9 Å². The van der Waals surface area contributed by atoms with E-state index in [0.717, 1.165) is 6.42 Å². The van der Waals surface area contributed by atoms with E-state index in [4.69, 9.17) is 10.8 Å². The Morgan fingerprint density at radius 2 is 1.27 bits per heavy atom. The molecule has 0 aliphatic carbocycles. The number of aldehydes is 1. The van der Waals surface area contributed by atoms with Crippen LogP contribution in [0.1, 0.15) is 69.3 Å². The smallest absolute Gasteiger partial charge is 0.343 e. The van der Waals surface area contributed by atoms with Crippen LogP contribution in [0.15, 0.2) is 40.3 Å². The van der Waals surface area contributed by atoms with Gasteiger partial charge in [-0.1, -0.05) is 20.8 Å². The molecule has 0 saturated carbocycles. The van der Waals surface area contributed by atoms with Crippen LogP contribution in [0.2, 0.25) is 0 Å². The van der Waals surface area contributed by atoms with Gasteiger partial charge in [-0.2, -0.15) is 0 Å². The highest BCUT2D eigenvalue weighted by Gasteiger charge is 2.13. The number of hydrogen-bond donors (Lipinski definition) is 4. The second kappa shape index (κ2) is 14.8. The van der Waals surface area contributed by atoms with Gasteiger partial charge in [0.15, 0.2) is 6.29 Å². The van der Waals surface area contributed by atoms with E-state index in [1.165, 1.54) is 31.6 Å². The van der Waals surface area contributed by atoms with Gasteiger partial charge < -0.3 is 25.5 Å². The van der Waals surface area contributed by atoms with E-state index >= 15 is 0 Å². The molecule has 0 aliphatic rings. The number of aryl methyl sites for hydroxylation is 3. The number of pyridine rings is 2. The largest absolute Gasteiger partial charge is 0.477 e. The van der Waals surface area contributed by atoms with Gasteiger partial charge in [0.05, 0.1) is 12.7 Å². The molecule has 0 fully saturated rings. The zero-order chi connectivity index (χ0) is 32.4. The monoisotopic (exact) mass is 603 g/mol. The van der Waals surface area contributed by atoms with Crippen LogP contribution in [0.5, 0.6) is 0 Å². The third-order valence-corrected chi connectivity index (χ3v) is 5.90. The molecule has 0 bridgehead atoms. The fraction of sp³-hybridized carbons (Fsp3) is 0.250. The first kappa shape index (κ1) is 32.6. The molecule has 0 spiro atoms. The molecule has 16 nitrogen and oxygen atoms in total. The van der Waals surface area contributed by atoms with Crippen LogP contribution in [0.25, 0.3) is 22.1 Å². The van der Waals surface area contributed by atoms with E-state index in [1.807, 2.05) is 20.8 Å². The summed E-state index contributed by atoms with van der Waals surface area (Å²) in [5, 5.41) is 9.87. The molecule has 5 aromatic rings. The average Bonchev–Trinajstić information content (AvgIpc) is 3.03. The number of rotatable bonds is 6. The number of carbonyl (C=O) groups is 3. The molecular weight excluding hydrogens is 574 g/mol. The van der Waals surface area contributed by atoms with Crippen molar-refractivity contribution in [3.8, 4) is 0 Å². The molecular formula is C28H29N9O7. The van der Waals surface area contributed by atoms with Crippen LogP contribution in [-0.2, 0) is 24.0 Å². The number of H-pyrrole nitrogens is 2. The van der Waals surface area contributed by atoms with Crippen molar-refractivity contribution in [3.63, 3.8) is 0 Å². The van der Waals surface area contributed by atoms with E-state index in [-0.39, 0.29) is 16.9 Å². The highest BCUT2D eigenvalue weighted by atomic mass is 16.5. The molecule has 44 heavy (non-hydrogen) atoms. The minimum Gasteiger partial charge on any atom is -0.477 e. The highest BCUT2D eigenvalue weighted by Crippen LogP contribution is 2.09. The topological polar surface area (TPSA) is 250 Å². The first-order valence-electron chi connectivity index (χ1n) is 13.2. The molecule has 0 radical (unpaired) electrons. The molecule has 0 aliphatic heterocycles. The van der Waals surface area contributed by atoms with E-state index in [1.54, 1.807) is 6.20 Å². The van der Waals surface area contributed by atoms with Crippen molar-refractivity contribution in [2.45, 2.75) is 40.0 Å². The first-order chi connectivity index (χ1) is 21.0. The fourth-order valence-corrected chi connectivity index (χ4v) is 3.52. The molecule has 5 aromatic heterocycles. The van der Waals surface area contributed by atoms with Crippen molar-refractivity contribution in [3.05, 3.63) is 85.6 Å². The molecule has 5 heterocycles. The van der Waals surface area contributed by atoms with Crippen LogP contribution in [0.3, 0.4) is 0 Å². The SMILES string of the molecule is CCc1ncc(C=O)c(N)n1.CCc1ncc2cc(C(=O)O)c(=O)[nH]c2n1.CCc1ncc2cc(C(=O)OC)c(=O)[nH]c2n1. The number of aromatic carboxylic acids is 1. The third kappa shape index (κ3) is 7.87. The minimum absolute atomic E-state index is 0.0483. The van der Waals surface area contributed by atoms with Crippen molar-refractivity contribution < 1.29 is 24.2 Å². The van der Waals surface area contributed by atoms with Crippen LogP contribution in [0, 0.1) is 0 Å². The summed E-state index contributed by atoms with van der Waals surface area (Å²) in [6.07, 6.45) is 7.22. The van der Waals surface area contributed by atoms with Crippen molar-refractivity contribution >= 4 is 46.1 Å². The summed E-state index contributed by atoms with van der Waals surface area (Å²) < 4.78 is 4.51. The number of nitrogens with one attached hydrogen (secondary N) is 2. The number of esters is 1. The lowest BCUT2D eigenvalue weighted by molar-refractivity contribution is 0.0598. The van der Waals surface area contributed by atoms with Crippen molar-refractivity contribution in [2.75, 3.05) is 12.8 Å². The van der Waals surface area contributed by atoms with Crippen LogP contribution < -0.4 is 16.9 Å². The number of anilines is 1. The Balaban J connectivity index is 0.000000185. The zero-order valence-electron chi connectivity index (χ0n) is 24.2. The first-order valence-corrected chi connectivity index (χ1v) is 13.2. The Hall–Kier alpha value is -5.93. The van der Waals surface area contributed by atoms with Gasteiger partial charge in [-0.3, -0.25) is 14.4 Å². The third-order valence-electron chi connectivity index (χ3n) is 5.90. The van der Waals surface area contributed by atoms with Gasteiger partial charge in [0.1, 0.15) is 45.7 Å². The van der Waals surface area contributed by atoms with Gasteiger partial charge in [-0.05, 0) is 12.1 Å². The van der Waals surface area contributed by atoms with E-state index < -0.39 is 23.1 Å². The van der Waals surface area contributed by atoms with Gasteiger partial charge in [0.25, 0.3) is 11.1 Å². The number of methoxy groups -OCH3 is 1. The van der Waals surface area contributed by atoms with Crippen LogP contribution in [0.4, 0.5) is 5.82 Å². The maximum atomic E-state index is 11.6. The van der Waals surface area contributed by atoms with Gasteiger partial charge in [-0.25, -0.2) is 39.5 Å². The number of fused-ring (bicyclic) bond motifs is 2. The van der Waals surface area contributed by atoms with Crippen LogP contribution >= 0.6 is 0 Å². The van der Waals surface area contributed by atoms with Gasteiger partial charge in [-0.15, -0.1) is 0 Å². The molecule has 0 aromatic carbocycles. The highest BCUT2D eigenvalue weighted by molar-refractivity contribution is 5.92. The van der Waals surface area contributed by atoms with Gasteiger partial charge in [0, 0.05) is 48.6 Å². The number of carbonyl (C=O) groups excluding carboxylic acids is 2. The predicted molar refractivity (Wildman–Crippen MR) is 159 cm³/mol. The van der Waals surface area contributed by atoms with Crippen molar-refractivity contribution in [1.29, 1.82) is 0 Å². The maximum absolute atomic E-state index is 11.6. The standard InChI is InChI=1S/C11H11N3O3.C10H9N3O3.C7H9N3O/c1-3-8-12-5-6-4-7(11(16)17-2)10(15)14-9(6)13-8;1-2-7-11-4-5-3-6(10(15)16)9(14)13-8(5)12-7;1-2-6-9-3-5(4-11)7(8)10-6/h4-5H,3H2,1-2H3,(H,12,13,14,15);3-4H,2H2,1H3,(H,15,16)(H,11,12,13,14);3-4H,2H2,1H3,(H2,8,9,10). The molecule has 0 amide bonds.